The lowest BCUT2D eigenvalue weighted by Crippen LogP contribution is -2.07. The number of hydrogen-bond donors (Lipinski definition) is 1. The summed E-state index contributed by atoms with van der Waals surface area (Å²) >= 11 is 1.12. The Morgan fingerprint density at radius 3 is 2.76 bits per heavy atom. The molecule has 0 amide bonds. The molecule has 0 aliphatic carbocycles. The molecule has 0 saturated heterocycles. The number of nitrogens with zero attached hydrogens (tertiary/aromatic N) is 2. The van der Waals surface area contributed by atoms with E-state index in [1.54, 1.807) is 12.3 Å². The summed E-state index contributed by atoms with van der Waals surface area (Å²) in [7, 11) is 0. The highest BCUT2D eigenvalue weighted by Crippen LogP contribution is 2.36. The third-order valence-electron chi connectivity index (χ3n) is 2.67. The van der Waals surface area contributed by atoms with Crippen molar-refractivity contribution in [3.05, 3.63) is 40.9 Å². The first-order valence-electron chi connectivity index (χ1n) is 7.10. The molecule has 0 saturated carbocycles. The molecule has 2 rings (SSSR count). The van der Waals surface area contributed by atoms with Crippen LogP contribution in [0.25, 0.3) is 0 Å². The summed E-state index contributed by atoms with van der Waals surface area (Å²) in [6.45, 7) is 2.05. The number of hydrogen-bond acceptors (Lipinski definition) is 7. The van der Waals surface area contributed by atoms with E-state index >= 15 is 0 Å². The van der Waals surface area contributed by atoms with Crippen LogP contribution in [0.1, 0.15) is 18.2 Å². The maximum atomic E-state index is 12.2. The number of nitrogens with one attached hydrogen (secondary N) is 1. The summed E-state index contributed by atoms with van der Waals surface area (Å²) in [5.41, 5.74) is -0.372. The van der Waals surface area contributed by atoms with Crippen molar-refractivity contribution in [3.8, 4) is 0 Å². The second kappa shape index (κ2) is 8.86. The smallest absolute Gasteiger partial charge is 0.446 e. The van der Waals surface area contributed by atoms with Crippen molar-refractivity contribution in [1.82, 2.24) is 4.98 Å². The van der Waals surface area contributed by atoms with Gasteiger partial charge in [0, 0.05) is 10.3 Å². The number of thiazole rings is 1. The predicted molar refractivity (Wildman–Crippen MR) is 92.0 cm³/mol. The molecule has 0 spiro atoms. The summed E-state index contributed by atoms with van der Waals surface area (Å²) < 4.78 is 41.6. The highest BCUT2D eigenvalue weighted by molar-refractivity contribution is 8.00. The molecule has 10 heteroatoms. The number of aromatic nitrogens is 1. The maximum Gasteiger partial charge on any atom is 0.446 e. The molecular weight excluding hydrogens is 375 g/mol. The van der Waals surface area contributed by atoms with Crippen LogP contribution in [0.4, 0.5) is 18.3 Å². The molecule has 0 bridgehead atoms. The minimum Gasteiger partial charge on any atom is -0.466 e. The van der Waals surface area contributed by atoms with E-state index < -0.39 is 5.51 Å². The number of carbonyl (C=O) groups excluding carboxylic acids is 1. The monoisotopic (exact) mass is 389 g/mol. The first kappa shape index (κ1) is 19.3. The van der Waals surface area contributed by atoms with Gasteiger partial charge in [-0.3, -0.25) is 10.2 Å². The van der Waals surface area contributed by atoms with E-state index in [0.717, 1.165) is 0 Å². The molecule has 2 aromatic rings. The van der Waals surface area contributed by atoms with Crippen molar-refractivity contribution in [2.24, 2.45) is 5.10 Å². The number of benzene rings is 1. The van der Waals surface area contributed by atoms with Crippen LogP contribution in [0, 0.1) is 0 Å². The van der Waals surface area contributed by atoms with Gasteiger partial charge in [-0.2, -0.15) is 18.3 Å². The Balaban J connectivity index is 1.86. The van der Waals surface area contributed by atoms with Crippen molar-refractivity contribution in [3.63, 3.8) is 0 Å². The fourth-order valence-corrected chi connectivity index (χ4v) is 2.92. The molecule has 0 unspecified atom stereocenters. The van der Waals surface area contributed by atoms with Gasteiger partial charge in [-0.25, -0.2) is 4.98 Å². The van der Waals surface area contributed by atoms with Crippen LogP contribution in [0.5, 0.6) is 0 Å². The second-order valence-electron chi connectivity index (χ2n) is 4.61. The van der Waals surface area contributed by atoms with Crippen molar-refractivity contribution >= 4 is 40.4 Å². The average molecular weight is 389 g/mol. The topological polar surface area (TPSA) is 63.6 Å². The lowest BCUT2D eigenvalue weighted by Gasteiger charge is -2.05. The van der Waals surface area contributed by atoms with Gasteiger partial charge >= 0.3 is 11.5 Å². The number of alkyl halides is 3. The van der Waals surface area contributed by atoms with Crippen LogP contribution in [0.3, 0.4) is 0 Å². The SMILES string of the molecule is CCOC(=O)Cc1csc(NN=Cc2ccc(SC(F)(F)F)cc2)n1. The van der Waals surface area contributed by atoms with Gasteiger partial charge in [-0.1, -0.05) is 12.1 Å². The molecule has 0 fully saturated rings. The third-order valence-corrected chi connectivity index (χ3v) is 4.21. The molecule has 0 atom stereocenters. The number of rotatable bonds is 7. The number of esters is 1. The third kappa shape index (κ3) is 7.14. The molecule has 5 nitrogen and oxygen atoms in total. The number of hydrazone groups is 1. The molecule has 1 heterocycles. The number of anilines is 1. The van der Waals surface area contributed by atoms with E-state index in [9.17, 15) is 18.0 Å². The Morgan fingerprint density at radius 2 is 2.12 bits per heavy atom. The summed E-state index contributed by atoms with van der Waals surface area (Å²) in [4.78, 5) is 15.7. The van der Waals surface area contributed by atoms with Gasteiger partial charge in [0.05, 0.1) is 24.9 Å². The fourth-order valence-electron chi connectivity index (χ4n) is 1.72. The average Bonchev–Trinajstić information content (AvgIpc) is 2.95. The predicted octanol–water partition coefficient (Wildman–Crippen LogP) is 4.31. The summed E-state index contributed by atoms with van der Waals surface area (Å²) in [6, 6.07) is 5.82. The second-order valence-corrected chi connectivity index (χ2v) is 6.61. The van der Waals surface area contributed by atoms with E-state index in [-0.39, 0.29) is 29.0 Å². The quantitative estimate of drug-likeness (QED) is 0.331. The standard InChI is InChI=1S/C15H14F3N3O2S2/c1-2-23-13(22)7-11-9-24-14(20-11)21-19-8-10-3-5-12(6-4-10)25-15(16,17)18/h3-6,8-9H,2,7H2,1H3,(H,20,21). The lowest BCUT2D eigenvalue weighted by atomic mass is 10.2. The normalized spacial score (nSPS) is 11.7. The van der Waals surface area contributed by atoms with E-state index in [0.29, 0.717) is 23.0 Å². The highest BCUT2D eigenvalue weighted by atomic mass is 32.2. The molecule has 25 heavy (non-hydrogen) atoms. The zero-order valence-corrected chi connectivity index (χ0v) is 14.7. The van der Waals surface area contributed by atoms with Gasteiger partial charge in [0.25, 0.3) is 0 Å². The first-order valence-corrected chi connectivity index (χ1v) is 8.80. The van der Waals surface area contributed by atoms with Gasteiger partial charge in [0.15, 0.2) is 0 Å². The zero-order valence-electron chi connectivity index (χ0n) is 13.0. The largest absolute Gasteiger partial charge is 0.466 e. The summed E-state index contributed by atoms with van der Waals surface area (Å²) in [6.07, 6.45) is 1.56. The van der Waals surface area contributed by atoms with Crippen LogP contribution in [-0.2, 0) is 16.0 Å². The van der Waals surface area contributed by atoms with Crippen LogP contribution in [0.2, 0.25) is 0 Å². The van der Waals surface area contributed by atoms with Crippen LogP contribution in [0.15, 0.2) is 39.6 Å². The summed E-state index contributed by atoms with van der Waals surface area (Å²) in [5, 5.41) is 6.19. The maximum absolute atomic E-state index is 12.2. The lowest BCUT2D eigenvalue weighted by molar-refractivity contribution is -0.142. The van der Waals surface area contributed by atoms with Gasteiger partial charge < -0.3 is 4.74 Å². The molecule has 0 radical (unpaired) electrons. The van der Waals surface area contributed by atoms with Gasteiger partial charge in [-0.15, -0.1) is 11.3 Å². The minimum atomic E-state index is -4.30. The molecule has 1 aromatic heterocycles. The zero-order chi connectivity index (χ0) is 18.3. The number of halogens is 3. The molecule has 1 aromatic carbocycles. The Labute approximate surface area is 150 Å². The fraction of sp³-hybridized carbons (Fsp3) is 0.267. The Kier molecular flexibility index (Phi) is 6.82. The molecule has 1 N–H and O–H groups in total. The highest BCUT2D eigenvalue weighted by Gasteiger charge is 2.28. The van der Waals surface area contributed by atoms with Crippen LogP contribution in [-0.4, -0.2) is 29.3 Å². The molecule has 134 valence electrons. The first-order chi connectivity index (χ1) is 11.9. The Hall–Kier alpha value is -2.07. The number of thioether (sulfide) groups is 1. The van der Waals surface area contributed by atoms with E-state index in [2.05, 4.69) is 15.5 Å². The van der Waals surface area contributed by atoms with E-state index in [1.807, 2.05) is 0 Å². The van der Waals surface area contributed by atoms with Gasteiger partial charge in [-0.05, 0) is 36.4 Å². The van der Waals surface area contributed by atoms with E-state index in [4.69, 9.17) is 4.74 Å². The number of ether oxygens (including phenoxy) is 1. The van der Waals surface area contributed by atoms with Crippen molar-refractivity contribution in [1.29, 1.82) is 0 Å². The van der Waals surface area contributed by atoms with Crippen LogP contribution >= 0.6 is 23.1 Å². The molecule has 0 aliphatic rings. The van der Waals surface area contributed by atoms with Crippen LogP contribution < -0.4 is 5.43 Å². The van der Waals surface area contributed by atoms with Crippen molar-refractivity contribution < 1.29 is 22.7 Å². The molecular formula is C15H14F3N3O2S2. The number of carbonyl (C=O) groups is 1. The molecule has 0 aliphatic heterocycles. The van der Waals surface area contributed by atoms with Crippen molar-refractivity contribution in [2.75, 3.05) is 12.0 Å². The van der Waals surface area contributed by atoms with Gasteiger partial charge in [0.2, 0.25) is 5.13 Å². The van der Waals surface area contributed by atoms with E-state index in [1.165, 1.54) is 41.8 Å². The van der Waals surface area contributed by atoms with Gasteiger partial charge in [0.1, 0.15) is 0 Å². The summed E-state index contributed by atoms with van der Waals surface area (Å²) in [5.74, 6) is -0.348. The Morgan fingerprint density at radius 1 is 1.40 bits per heavy atom. The van der Waals surface area contributed by atoms with Crippen molar-refractivity contribution in [2.45, 2.75) is 23.7 Å². The minimum absolute atomic E-state index is 0.0913. The Bertz CT molecular complexity index is 730.